The van der Waals surface area contributed by atoms with Crippen LogP contribution < -0.4 is 0 Å². The predicted octanol–water partition coefficient (Wildman–Crippen LogP) is 2.28. The quantitative estimate of drug-likeness (QED) is 0.768. The van der Waals surface area contributed by atoms with E-state index in [-0.39, 0.29) is 11.5 Å². The summed E-state index contributed by atoms with van der Waals surface area (Å²) in [6, 6.07) is -0.0789. The van der Waals surface area contributed by atoms with E-state index in [0.29, 0.717) is 19.3 Å². The van der Waals surface area contributed by atoms with Crippen molar-refractivity contribution < 1.29 is 14.7 Å². The Bertz CT molecular complexity index is 300. The van der Waals surface area contributed by atoms with E-state index in [9.17, 15) is 14.7 Å². The van der Waals surface area contributed by atoms with E-state index >= 15 is 0 Å². The number of carboxylic acid groups (broad SMARTS) is 1. The SMILES string of the molecule is CC(C)N(C=O)C1(C(=O)O)CCC(C)(C)CC1. The van der Waals surface area contributed by atoms with E-state index in [1.54, 1.807) is 0 Å². The van der Waals surface area contributed by atoms with Gasteiger partial charge in [0, 0.05) is 6.04 Å². The minimum Gasteiger partial charge on any atom is -0.479 e. The van der Waals surface area contributed by atoms with Crippen molar-refractivity contribution in [2.24, 2.45) is 5.41 Å². The number of carbonyl (C=O) groups is 2. The van der Waals surface area contributed by atoms with E-state index in [0.717, 1.165) is 12.8 Å². The number of amides is 1. The van der Waals surface area contributed by atoms with Crippen molar-refractivity contribution in [3.63, 3.8) is 0 Å². The topological polar surface area (TPSA) is 57.6 Å². The zero-order valence-corrected chi connectivity index (χ0v) is 11.2. The number of aliphatic carboxylic acids is 1. The van der Waals surface area contributed by atoms with E-state index in [1.807, 2.05) is 13.8 Å². The minimum atomic E-state index is -0.995. The first-order valence-corrected chi connectivity index (χ1v) is 6.22. The van der Waals surface area contributed by atoms with Gasteiger partial charge in [0.05, 0.1) is 0 Å². The lowest BCUT2D eigenvalue weighted by Gasteiger charge is -2.47. The molecule has 0 atom stereocenters. The number of carboxylic acids is 1. The molecule has 1 N–H and O–H groups in total. The van der Waals surface area contributed by atoms with Crippen LogP contribution in [0.5, 0.6) is 0 Å². The molecule has 0 saturated heterocycles. The summed E-state index contributed by atoms with van der Waals surface area (Å²) in [5, 5.41) is 9.51. The van der Waals surface area contributed by atoms with Crippen molar-refractivity contribution in [3.8, 4) is 0 Å². The fourth-order valence-corrected chi connectivity index (χ4v) is 2.64. The first-order chi connectivity index (χ1) is 7.75. The molecule has 0 aromatic heterocycles. The lowest BCUT2D eigenvalue weighted by Crippen LogP contribution is -2.59. The average molecular weight is 241 g/mol. The van der Waals surface area contributed by atoms with Gasteiger partial charge in [-0.15, -0.1) is 0 Å². The first-order valence-electron chi connectivity index (χ1n) is 6.22. The highest BCUT2D eigenvalue weighted by Gasteiger charge is 2.48. The number of carbonyl (C=O) groups excluding carboxylic acids is 1. The highest BCUT2D eigenvalue weighted by atomic mass is 16.4. The largest absolute Gasteiger partial charge is 0.479 e. The van der Waals surface area contributed by atoms with Gasteiger partial charge in [-0.3, -0.25) is 4.79 Å². The molecule has 1 aliphatic rings. The molecule has 0 aliphatic heterocycles. The maximum Gasteiger partial charge on any atom is 0.329 e. The molecule has 17 heavy (non-hydrogen) atoms. The molecule has 0 heterocycles. The van der Waals surface area contributed by atoms with Crippen molar-refractivity contribution in [2.45, 2.75) is 65.0 Å². The van der Waals surface area contributed by atoms with Crippen LogP contribution in [0.3, 0.4) is 0 Å². The summed E-state index contributed by atoms with van der Waals surface area (Å²) in [4.78, 5) is 24.2. The molecule has 1 amide bonds. The predicted molar refractivity (Wildman–Crippen MR) is 65.7 cm³/mol. The Kier molecular flexibility index (Phi) is 3.84. The summed E-state index contributed by atoms with van der Waals surface area (Å²) >= 11 is 0. The van der Waals surface area contributed by atoms with Crippen LogP contribution in [-0.2, 0) is 9.59 Å². The Morgan fingerprint density at radius 3 is 2.00 bits per heavy atom. The molecule has 1 fully saturated rings. The summed E-state index contributed by atoms with van der Waals surface area (Å²) in [6.07, 6.45) is 3.47. The maximum absolute atomic E-state index is 11.6. The van der Waals surface area contributed by atoms with Gasteiger partial charge in [0.2, 0.25) is 6.41 Å². The van der Waals surface area contributed by atoms with Crippen LogP contribution in [0.2, 0.25) is 0 Å². The second-order valence-electron chi connectivity index (χ2n) is 6.11. The van der Waals surface area contributed by atoms with Crippen LogP contribution in [0.4, 0.5) is 0 Å². The van der Waals surface area contributed by atoms with Gasteiger partial charge in [0.1, 0.15) is 5.54 Å². The minimum absolute atomic E-state index is 0.0789. The molecule has 0 spiro atoms. The fourth-order valence-electron chi connectivity index (χ4n) is 2.64. The van der Waals surface area contributed by atoms with Crippen LogP contribution in [0.25, 0.3) is 0 Å². The van der Waals surface area contributed by atoms with Gasteiger partial charge < -0.3 is 10.0 Å². The molecule has 1 saturated carbocycles. The number of rotatable bonds is 4. The summed E-state index contributed by atoms with van der Waals surface area (Å²) in [5.74, 6) is -0.867. The number of nitrogens with zero attached hydrogens (tertiary/aromatic N) is 1. The zero-order valence-electron chi connectivity index (χ0n) is 11.2. The Morgan fingerprint density at radius 1 is 1.24 bits per heavy atom. The second kappa shape index (κ2) is 4.67. The molecule has 1 aliphatic carbocycles. The molecule has 4 nitrogen and oxygen atoms in total. The first kappa shape index (κ1) is 14.0. The van der Waals surface area contributed by atoms with Crippen LogP contribution in [-0.4, -0.2) is 34.0 Å². The van der Waals surface area contributed by atoms with Crippen LogP contribution in [0, 0.1) is 5.41 Å². The summed E-state index contributed by atoms with van der Waals surface area (Å²) < 4.78 is 0. The summed E-state index contributed by atoms with van der Waals surface area (Å²) in [7, 11) is 0. The highest BCUT2D eigenvalue weighted by molar-refractivity contribution is 5.81. The third kappa shape index (κ3) is 2.61. The van der Waals surface area contributed by atoms with E-state index < -0.39 is 11.5 Å². The van der Waals surface area contributed by atoms with Gasteiger partial charge >= 0.3 is 5.97 Å². The molecule has 0 unspecified atom stereocenters. The van der Waals surface area contributed by atoms with Crippen molar-refractivity contribution in [1.82, 2.24) is 4.90 Å². The normalized spacial score (nSPS) is 22.2. The molecule has 4 heteroatoms. The second-order valence-corrected chi connectivity index (χ2v) is 6.11. The third-order valence-corrected chi connectivity index (χ3v) is 3.99. The molecule has 0 radical (unpaired) electrons. The van der Waals surface area contributed by atoms with Gasteiger partial charge in [-0.2, -0.15) is 0 Å². The Labute approximate surface area is 103 Å². The standard InChI is InChI=1S/C13H23NO3/c1-10(2)14(9-15)13(11(16)17)7-5-12(3,4)6-8-13/h9-10H,5-8H2,1-4H3,(H,16,17). The van der Waals surface area contributed by atoms with Crippen molar-refractivity contribution in [1.29, 1.82) is 0 Å². The van der Waals surface area contributed by atoms with Crippen LogP contribution in [0.15, 0.2) is 0 Å². The van der Waals surface area contributed by atoms with Crippen molar-refractivity contribution in [2.75, 3.05) is 0 Å². The van der Waals surface area contributed by atoms with Crippen LogP contribution >= 0.6 is 0 Å². The molecule has 0 aromatic carbocycles. The van der Waals surface area contributed by atoms with Crippen molar-refractivity contribution >= 4 is 12.4 Å². The Hall–Kier alpha value is -1.06. The fraction of sp³-hybridized carbons (Fsp3) is 0.846. The Balaban J connectivity index is 3.00. The zero-order chi connectivity index (χ0) is 13.3. The highest BCUT2D eigenvalue weighted by Crippen LogP contribution is 2.43. The number of hydrogen-bond donors (Lipinski definition) is 1. The van der Waals surface area contributed by atoms with Gasteiger partial charge in [0.15, 0.2) is 0 Å². The maximum atomic E-state index is 11.6. The van der Waals surface area contributed by atoms with Gasteiger partial charge in [-0.05, 0) is 44.9 Å². The summed E-state index contributed by atoms with van der Waals surface area (Å²) in [5.41, 5.74) is -0.810. The molecule has 0 aromatic rings. The van der Waals surface area contributed by atoms with Crippen molar-refractivity contribution in [3.05, 3.63) is 0 Å². The van der Waals surface area contributed by atoms with E-state index in [4.69, 9.17) is 0 Å². The number of hydrogen-bond acceptors (Lipinski definition) is 2. The smallest absolute Gasteiger partial charge is 0.329 e. The van der Waals surface area contributed by atoms with Crippen LogP contribution in [0.1, 0.15) is 53.4 Å². The van der Waals surface area contributed by atoms with Gasteiger partial charge in [-0.1, -0.05) is 13.8 Å². The third-order valence-electron chi connectivity index (χ3n) is 3.99. The van der Waals surface area contributed by atoms with E-state index in [2.05, 4.69) is 13.8 Å². The lowest BCUT2D eigenvalue weighted by atomic mass is 9.68. The molecule has 0 bridgehead atoms. The van der Waals surface area contributed by atoms with Gasteiger partial charge in [-0.25, -0.2) is 4.79 Å². The van der Waals surface area contributed by atoms with E-state index in [1.165, 1.54) is 4.90 Å². The molecule has 1 rings (SSSR count). The van der Waals surface area contributed by atoms with Gasteiger partial charge in [0.25, 0.3) is 0 Å². The summed E-state index contributed by atoms with van der Waals surface area (Å²) in [6.45, 7) is 8.02. The lowest BCUT2D eigenvalue weighted by molar-refractivity contribution is -0.161. The molecule has 98 valence electrons. The average Bonchev–Trinajstić information content (AvgIpc) is 2.20. The molecular formula is C13H23NO3. The monoisotopic (exact) mass is 241 g/mol. The molecular weight excluding hydrogens is 218 g/mol. The Morgan fingerprint density at radius 2 is 1.71 bits per heavy atom.